The molecule has 0 saturated heterocycles. The Kier molecular flexibility index (Phi) is 7.25. The number of rotatable bonds is 7. The van der Waals surface area contributed by atoms with Gasteiger partial charge in [-0.25, -0.2) is 0 Å². The standard InChI is InChI=1S/C14H28N2O/c1-12(2)8-10-17-11-9-16-14(15)13-6-4-3-5-7-13/h12-13H,3-11H2,1-2H3,(H2,15,16). The van der Waals surface area contributed by atoms with Gasteiger partial charge in [0.05, 0.1) is 19.0 Å². The van der Waals surface area contributed by atoms with Crippen LogP contribution < -0.4 is 5.73 Å². The summed E-state index contributed by atoms with van der Waals surface area (Å²) in [5, 5.41) is 0. The van der Waals surface area contributed by atoms with E-state index in [1.807, 2.05) is 0 Å². The van der Waals surface area contributed by atoms with Crippen molar-refractivity contribution in [2.45, 2.75) is 52.4 Å². The normalized spacial score (nSPS) is 18.9. The van der Waals surface area contributed by atoms with E-state index in [-0.39, 0.29) is 0 Å². The SMILES string of the molecule is CC(C)CCOCCN=C(N)C1CCCCC1. The first-order chi connectivity index (χ1) is 8.20. The number of ether oxygens (including phenoxy) is 1. The van der Waals surface area contributed by atoms with Crippen molar-refractivity contribution < 1.29 is 4.74 Å². The Hall–Kier alpha value is -0.570. The third-order valence-electron chi connectivity index (χ3n) is 3.39. The van der Waals surface area contributed by atoms with Crippen molar-refractivity contribution in [1.82, 2.24) is 0 Å². The van der Waals surface area contributed by atoms with E-state index in [9.17, 15) is 0 Å². The fraction of sp³-hybridized carbons (Fsp3) is 0.929. The first-order valence-corrected chi connectivity index (χ1v) is 7.07. The van der Waals surface area contributed by atoms with Crippen LogP contribution in [0.25, 0.3) is 0 Å². The van der Waals surface area contributed by atoms with Gasteiger partial charge in [-0.15, -0.1) is 0 Å². The molecule has 1 fully saturated rings. The highest BCUT2D eigenvalue weighted by Crippen LogP contribution is 2.23. The first kappa shape index (κ1) is 14.5. The van der Waals surface area contributed by atoms with Gasteiger partial charge in [-0.05, 0) is 25.2 Å². The van der Waals surface area contributed by atoms with Gasteiger partial charge in [0.15, 0.2) is 0 Å². The Balaban J connectivity index is 2.06. The van der Waals surface area contributed by atoms with Crippen molar-refractivity contribution in [3.05, 3.63) is 0 Å². The minimum absolute atomic E-state index is 0.541. The van der Waals surface area contributed by atoms with Gasteiger partial charge >= 0.3 is 0 Å². The summed E-state index contributed by atoms with van der Waals surface area (Å²) in [6.45, 7) is 6.70. The molecule has 1 aliphatic rings. The molecule has 0 spiro atoms. The molecule has 1 saturated carbocycles. The van der Waals surface area contributed by atoms with E-state index in [4.69, 9.17) is 10.5 Å². The van der Waals surface area contributed by atoms with Crippen LogP contribution >= 0.6 is 0 Å². The van der Waals surface area contributed by atoms with Crippen molar-refractivity contribution in [3.63, 3.8) is 0 Å². The molecule has 0 aliphatic heterocycles. The zero-order valence-electron chi connectivity index (χ0n) is 11.5. The van der Waals surface area contributed by atoms with E-state index in [1.54, 1.807) is 0 Å². The maximum absolute atomic E-state index is 6.01. The molecule has 0 aromatic carbocycles. The summed E-state index contributed by atoms with van der Waals surface area (Å²) < 4.78 is 5.52. The lowest BCUT2D eigenvalue weighted by Gasteiger charge is -2.20. The summed E-state index contributed by atoms with van der Waals surface area (Å²) in [7, 11) is 0. The molecule has 0 heterocycles. The fourth-order valence-corrected chi connectivity index (χ4v) is 2.19. The summed E-state index contributed by atoms with van der Waals surface area (Å²) in [5.41, 5.74) is 6.01. The summed E-state index contributed by atoms with van der Waals surface area (Å²) >= 11 is 0. The predicted molar refractivity (Wildman–Crippen MR) is 73.3 cm³/mol. The highest BCUT2D eigenvalue weighted by Gasteiger charge is 2.16. The van der Waals surface area contributed by atoms with Crippen LogP contribution in [0.5, 0.6) is 0 Å². The van der Waals surface area contributed by atoms with Gasteiger partial charge in [0.25, 0.3) is 0 Å². The summed E-state index contributed by atoms with van der Waals surface area (Å²) in [6, 6.07) is 0. The molecule has 3 heteroatoms. The number of hydrogen-bond acceptors (Lipinski definition) is 2. The molecule has 3 nitrogen and oxygen atoms in total. The Morgan fingerprint density at radius 1 is 1.24 bits per heavy atom. The number of aliphatic imine (C=N–C) groups is 1. The maximum atomic E-state index is 6.01. The molecule has 0 radical (unpaired) electrons. The highest BCUT2D eigenvalue weighted by atomic mass is 16.5. The molecule has 0 unspecified atom stereocenters. The summed E-state index contributed by atoms with van der Waals surface area (Å²) in [4.78, 5) is 4.43. The molecular formula is C14H28N2O. The molecule has 1 rings (SSSR count). The molecule has 2 N–H and O–H groups in total. The van der Waals surface area contributed by atoms with E-state index in [0.717, 1.165) is 25.4 Å². The molecular weight excluding hydrogens is 212 g/mol. The molecule has 1 aliphatic carbocycles. The second-order valence-electron chi connectivity index (χ2n) is 5.44. The van der Waals surface area contributed by atoms with Crippen molar-refractivity contribution in [2.75, 3.05) is 19.8 Å². The predicted octanol–water partition coefficient (Wildman–Crippen LogP) is 2.99. The van der Waals surface area contributed by atoms with Crippen LogP contribution in [0.4, 0.5) is 0 Å². The Bertz CT molecular complexity index is 220. The number of amidine groups is 1. The average Bonchev–Trinajstić information content (AvgIpc) is 2.34. The molecule has 0 atom stereocenters. The Morgan fingerprint density at radius 3 is 2.59 bits per heavy atom. The summed E-state index contributed by atoms with van der Waals surface area (Å²) in [5.74, 6) is 2.11. The molecule has 0 aromatic heterocycles. The second-order valence-corrected chi connectivity index (χ2v) is 5.44. The van der Waals surface area contributed by atoms with Crippen molar-refractivity contribution in [1.29, 1.82) is 0 Å². The minimum Gasteiger partial charge on any atom is -0.387 e. The van der Waals surface area contributed by atoms with Gasteiger partial charge in [0.2, 0.25) is 0 Å². The van der Waals surface area contributed by atoms with Crippen molar-refractivity contribution >= 4 is 5.84 Å². The van der Waals surface area contributed by atoms with Crippen molar-refractivity contribution in [2.24, 2.45) is 22.6 Å². The number of nitrogens with zero attached hydrogens (tertiary/aromatic N) is 1. The first-order valence-electron chi connectivity index (χ1n) is 7.07. The van der Waals surface area contributed by atoms with Crippen LogP contribution in [0.1, 0.15) is 52.4 Å². The van der Waals surface area contributed by atoms with Crippen LogP contribution in [-0.2, 0) is 4.74 Å². The van der Waals surface area contributed by atoms with Gasteiger partial charge in [0, 0.05) is 12.5 Å². The van der Waals surface area contributed by atoms with E-state index in [2.05, 4.69) is 18.8 Å². The van der Waals surface area contributed by atoms with Gasteiger partial charge in [-0.1, -0.05) is 33.1 Å². The molecule has 100 valence electrons. The lowest BCUT2D eigenvalue weighted by molar-refractivity contribution is 0.130. The fourth-order valence-electron chi connectivity index (χ4n) is 2.19. The van der Waals surface area contributed by atoms with Crippen LogP contribution in [0.3, 0.4) is 0 Å². The van der Waals surface area contributed by atoms with Crippen molar-refractivity contribution in [3.8, 4) is 0 Å². The quantitative estimate of drug-likeness (QED) is 0.422. The van der Waals surface area contributed by atoms with E-state index < -0.39 is 0 Å². The lowest BCUT2D eigenvalue weighted by Crippen LogP contribution is -2.26. The zero-order chi connectivity index (χ0) is 12.5. The maximum Gasteiger partial charge on any atom is 0.0969 e. The van der Waals surface area contributed by atoms with Crippen LogP contribution in [0, 0.1) is 11.8 Å². The smallest absolute Gasteiger partial charge is 0.0969 e. The van der Waals surface area contributed by atoms with Crippen LogP contribution in [0.15, 0.2) is 4.99 Å². The van der Waals surface area contributed by atoms with E-state index in [1.165, 1.54) is 32.1 Å². The summed E-state index contributed by atoms with van der Waals surface area (Å²) in [6.07, 6.45) is 7.56. The number of hydrogen-bond donors (Lipinski definition) is 1. The topological polar surface area (TPSA) is 47.6 Å². The highest BCUT2D eigenvalue weighted by molar-refractivity contribution is 5.82. The third kappa shape index (κ3) is 6.67. The zero-order valence-corrected chi connectivity index (χ0v) is 11.5. The molecule has 0 bridgehead atoms. The Morgan fingerprint density at radius 2 is 1.94 bits per heavy atom. The molecule has 17 heavy (non-hydrogen) atoms. The van der Waals surface area contributed by atoms with Gasteiger partial charge in [-0.2, -0.15) is 0 Å². The van der Waals surface area contributed by atoms with Gasteiger partial charge < -0.3 is 10.5 Å². The largest absolute Gasteiger partial charge is 0.387 e. The van der Waals surface area contributed by atoms with Gasteiger partial charge in [-0.3, -0.25) is 4.99 Å². The Labute approximate surface area is 106 Å². The lowest BCUT2D eigenvalue weighted by atomic mass is 9.88. The van der Waals surface area contributed by atoms with E-state index in [0.29, 0.717) is 18.4 Å². The van der Waals surface area contributed by atoms with Crippen LogP contribution in [0.2, 0.25) is 0 Å². The monoisotopic (exact) mass is 240 g/mol. The third-order valence-corrected chi connectivity index (χ3v) is 3.39. The number of nitrogens with two attached hydrogens (primary N) is 1. The van der Waals surface area contributed by atoms with Gasteiger partial charge in [0.1, 0.15) is 0 Å². The second kappa shape index (κ2) is 8.51. The molecule has 0 amide bonds. The van der Waals surface area contributed by atoms with Crippen LogP contribution in [-0.4, -0.2) is 25.6 Å². The molecule has 0 aromatic rings. The minimum atomic E-state index is 0.541. The average molecular weight is 240 g/mol. The van der Waals surface area contributed by atoms with E-state index >= 15 is 0 Å².